The third kappa shape index (κ3) is 4.31. The number of hydrogen-bond donors (Lipinski definition) is 1. The molecule has 1 rings (SSSR count). The fourth-order valence-electron chi connectivity index (χ4n) is 1.67. The molecule has 0 aliphatic carbocycles. The predicted octanol–water partition coefficient (Wildman–Crippen LogP) is 2.25. The minimum atomic E-state index is 0.147. The summed E-state index contributed by atoms with van der Waals surface area (Å²) in [6.45, 7) is 7.83. The lowest BCUT2D eigenvalue weighted by molar-refractivity contribution is 0.190. The molecule has 0 aromatic heterocycles. The van der Waals surface area contributed by atoms with Crippen LogP contribution in [0, 0.1) is 0 Å². The molecule has 102 valence electrons. The van der Waals surface area contributed by atoms with Crippen LogP contribution in [-0.4, -0.2) is 38.2 Å². The van der Waals surface area contributed by atoms with Crippen LogP contribution in [0.25, 0.3) is 0 Å². The van der Waals surface area contributed by atoms with E-state index in [2.05, 4.69) is 37.8 Å². The van der Waals surface area contributed by atoms with E-state index >= 15 is 0 Å². The first-order valence-electron chi connectivity index (χ1n) is 6.44. The van der Waals surface area contributed by atoms with E-state index < -0.39 is 0 Å². The number of rotatable bonds is 5. The Kier molecular flexibility index (Phi) is 5.17. The number of benzene rings is 1. The molecule has 0 saturated heterocycles. The first-order chi connectivity index (χ1) is 8.34. The van der Waals surface area contributed by atoms with Crippen LogP contribution in [-0.2, 0) is 5.41 Å². The topological polar surface area (TPSA) is 38.5 Å². The van der Waals surface area contributed by atoms with Gasteiger partial charge in [-0.1, -0.05) is 32.9 Å². The zero-order chi connectivity index (χ0) is 13.8. The maximum Gasteiger partial charge on any atom is 0.119 e. The van der Waals surface area contributed by atoms with Crippen LogP contribution in [0.3, 0.4) is 0 Å². The highest BCUT2D eigenvalue weighted by Crippen LogP contribution is 2.25. The fraction of sp³-hybridized carbons (Fsp3) is 0.600. The molecule has 0 bridgehead atoms. The Morgan fingerprint density at radius 1 is 1.28 bits per heavy atom. The molecule has 3 heteroatoms. The summed E-state index contributed by atoms with van der Waals surface area (Å²) in [5.41, 5.74) is 7.15. The first-order valence-corrected chi connectivity index (χ1v) is 6.44. The molecule has 0 radical (unpaired) electrons. The largest absolute Gasteiger partial charge is 0.492 e. The molecule has 0 spiro atoms. The van der Waals surface area contributed by atoms with Crippen molar-refractivity contribution in [1.29, 1.82) is 0 Å². The predicted molar refractivity (Wildman–Crippen MR) is 77.2 cm³/mol. The summed E-state index contributed by atoms with van der Waals surface area (Å²) in [5.74, 6) is 0.919. The Labute approximate surface area is 111 Å². The average Bonchev–Trinajstić information content (AvgIpc) is 2.28. The second kappa shape index (κ2) is 6.21. The van der Waals surface area contributed by atoms with Crippen molar-refractivity contribution >= 4 is 0 Å². The Bertz CT molecular complexity index is 369. The molecule has 0 heterocycles. The second-order valence-electron chi connectivity index (χ2n) is 5.94. The van der Waals surface area contributed by atoms with Gasteiger partial charge in [0, 0.05) is 6.54 Å². The minimum Gasteiger partial charge on any atom is -0.492 e. The Morgan fingerprint density at radius 2 is 1.94 bits per heavy atom. The van der Waals surface area contributed by atoms with Gasteiger partial charge in [-0.25, -0.2) is 0 Å². The summed E-state index contributed by atoms with van der Waals surface area (Å²) in [7, 11) is 4.04. The van der Waals surface area contributed by atoms with Crippen molar-refractivity contribution in [2.45, 2.75) is 32.2 Å². The van der Waals surface area contributed by atoms with E-state index in [0.29, 0.717) is 13.2 Å². The summed E-state index contributed by atoms with van der Waals surface area (Å²) >= 11 is 0. The number of ether oxygens (including phenoxy) is 1. The van der Waals surface area contributed by atoms with Crippen LogP contribution in [0.15, 0.2) is 24.3 Å². The molecule has 0 fully saturated rings. The third-order valence-electron chi connectivity index (χ3n) is 3.14. The smallest absolute Gasteiger partial charge is 0.119 e. The average molecular weight is 250 g/mol. The molecule has 18 heavy (non-hydrogen) atoms. The first kappa shape index (κ1) is 15.0. The zero-order valence-electron chi connectivity index (χ0n) is 12.2. The molecule has 0 amide bonds. The van der Waals surface area contributed by atoms with Crippen molar-refractivity contribution in [3.63, 3.8) is 0 Å². The van der Waals surface area contributed by atoms with E-state index in [0.717, 1.165) is 5.75 Å². The van der Waals surface area contributed by atoms with E-state index in [4.69, 9.17) is 10.5 Å². The molecule has 1 aromatic carbocycles. The number of nitrogens with zero attached hydrogens (tertiary/aromatic N) is 1. The lowest BCUT2D eigenvalue weighted by Gasteiger charge is -2.24. The van der Waals surface area contributed by atoms with Gasteiger partial charge in [-0.3, -0.25) is 0 Å². The van der Waals surface area contributed by atoms with Gasteiger partial charge in [0.1, 0.15) is 12.4 Å². The van der Waals surface area contributed by atoms with Crippen molar-refractivity contribution in [3.8, 4) is 5.75 Å². The van der Waals surface area contributed by atoms with Crippen LogP contribution in [0.4, 0.5) is 0 Å². The van der Waals surface area contributed by atoms with E-state index in [1.54, 1.807) is 0 Å². The van der Waals surface area contributed by atoms with Gasteiger partial charge in [0.05, 0.1) is 6.04 Å². The lowest BCUT2D eigenvalue weighted by atomic mass is 9.87. The molecule has 1 atom stereocenters. The van der Waals surface area contributed by atoms with Crippen LogP contribution in [0.5, 0.6) is 5.75 Å². The molecule has 0 saturated carbocycles. The van der Waals surface area contributed by atoms with Gasteiger partial charge in [0.2, 0.25) is 0 Å². The monoisotopic (exact) mass is 250 g/mol. The summed E-state index contributed by atoms with van der Waals surface area (Å²) in [5, 5.41) is 0. The van der Waals surface area contributed by atoms with Gasteiger partial charge < -0.3 is 15.4 Å². The fourth-order valence-corrected chi connectivity index (χ4v) is 1.67. The summed E-state index contributed by atoms with van der Waals surface area (Å²) in [6.07, 6.45) is 0. The SMILES string of the molecule is CN(C)C(CN)COc1cccc(C(C)(C)C)c1. The standard InChI is InChI=1S/C15H26N2O/c1-15(2,3)12-7-6-8-14(9-12)18-11-13(10-16)17(4)5/h6-9,13H,10-11,16H2,1-5H3. The minimum absolute atomic E-state index is 0.147. The molecule has 2 N–H and O–H groups in total. The quantitative estimate of drug-likeness (QED) is 0.871. The number of likely N-dealkylation sites (N-methyl/N-ethyl adjacent to an activating group) is 1. The Balaban J connectivity index is 2.68. The molecule has 0 aliphatic heterocycles. The van der Waals surface area contributed by atoms with Crippen LogP contribution < -0.4 is 10.5 Å². The van der Waals surface area contributed by atoms with Crippen LogP contribution in [0.1, 0.15) is 26.3 Å². The number of nitrogens with two attached hydrogens (primary N) is 1. The van der Waals surface area contributed by atoms with Crippen molar-refractivity contribution in [1.82, 2.24) is 4.90 Å². The molecule has 0 aliphatic rings. The molecule has 3 nitrogen and oxygen atoms in total. The van der Waals surface area contributed by atoms with Crippen LogP contribution in [0.2, 0.25) is 0 Å². The Morgan fingerprint density at radius 3 is 2.44 bits per heavy atom. The third-order valence-corrected chi connectivity index (χ3v) is 3.14. The maximum atomic E-state index is 5.83. The van der Waals surface area contributed by atoms with Gasteiger partial charge in [0.25, 0.3) is 0 Å². The van der Waals surface area contributed by atoms with Gasteiger partial charge in [-0.15, -0.1) is 0 Å². The summed E-state index contributed by atoms with van der Waals surface area (Å²) in [6, 6.07) is 8.55. The van der Waals surface area contributed by atoms with E-state index in [1.807, 2.05) is 26.2 Å². The normalized spacial score (nSPS) is 13.7. The van der Waals surface area contributed by atoms with Gasteiger partial charge in [-0.2, -0.15) is 0 Å². The highest BCUT2D eigenvalue weighted by Gasteiger charge is 2.15. The van der Waals surface area contributed by atoms with E-state index in [-0.39, 0.29) is 11.5 Å². The van der Waals surface area contributed by atoms with E-state index in [9.17, 15) is 0 Å². The van der Waals surface area contributed by atoms with Crippen molar-refractivity contribution < 1.29 is 4.74 Å². The van der Waals surface area contributed by atoms with Crippen molar-refractivity contribution in [2.75, 3.05) is 27.2 Å². The van der Waals surface area contributed by atoms with Gasteiger partial charge >= 0.3 is 0 Å². The van der Waals surface area contributed by atoms with Crippen molar-refractivity contribution in [3.05, 3.63) is 29.8 Å². The lowest BCUT2D eigenvalue weighted by Crippen LogP contribution is -2.39. The number of hydrogen-bond acceptors (Lipinski definition) is 3. The Hall–Kier alpha value is -1.06. The summed E-state index contributed by atoms with van der Waals surface area (Å²) < 4.78 is 5.83. The second-order valence-corrected chi connectivity index (χ2v) is 5.94. The van der Waals surface area contributed by atoms with Crippen LogP contribution >= 0.6 is 0 Å². The van der Waals surface area contributed by atoms with Gasteiger partial charge in [-0.05, 0) is 37.2 Å². The molecular formula is C15H26N2O. The van der Waals surface area contributed by atoms with Crippen molar-refractivity contribution in [2.24, 2.45) is 5.73 Å². The maximum absolute atomic E-state index is 5.83. The zero-order valence-corrected chi connectivity index (χ0v) is 12.2. The van der Waals surface area contributed by atoms with E-state index in [1.165, 1.54) is 5.56 Å². The summed E-state index contributed by atoms with van der Waals surface area (Å²) in [4.78, 5) is 2.09. The highest BCUT2D eigenvalue weighted by molar-refractivity contribution is 5.32. The molecule has 1 unspecified atom stereocenters. The molecular weight excluding hydrogens is 224 g/mol. The highest BCUT2D eigenvalue weighted by atomic mass is 16.5. The molecule has 1 aromatic rings. The van der Waals surface area contributed by atoms with Gasteiger partial charge in [0.15, 0.2) is 0 Å².